The monoisotopic (exact) mass is 458 g/mol. The molecule has 0 aliphatic carbocycles. The smallest absolute Gasteiger partial charge is 0.416 e. The normalized spacial score (nSPS) is 11.3. The van der Waals surface area contributed by atoms with E-state index >= 15 is 0 Å². The zero-order valence-corrected chi connectivity index (χ0v) is 17.0. The number of nitrogen functional groups attached to an aromatic ring is 2. The maximum Gasteiger partial charge on any atom is 0.416 e. The Balaban J connectivity index is 1.54. The van der Waals surface area contributed by atoms with E-state index in [2.05, 4.69) is 30.5 Å². The van der Waals surface area contributed by atoms with Gasteiger partial charge in [-0.25, -0.2) is 0 Å². The lowest BCUT2D eigenvalue weighted by molar-refractivity contribution is -0.137. The minimum absolute atomic E-state index is 0.0388. The molecule has 33 heavy (non-hydrogen) atoms. The number of methoxy groups -OCH3 is 1. The van der Waals surface area contributed by atoms with Gasteiger partial charge in [0, 0.05) is 17.3 Å². The van der Waals surface area contributed by atoms with E-state index in [0.717, 1.165) is 12.1 Å². The molecule has 0 atom stereocenters. The maximum absolute atomic E-state index is 12.9. The summed E-state index contributed by atoms with van der Waals surface area (Å²) in [5, 5.41) is 9.47. The van der Waals surface area contributed by atoms with Crippen LogP contribution in [0.2, 0.25) is 0 Å². The predicted octanol–water partition coefficient (Wildman–Crippen LogP) is 3.99. The fraction of sp³-hybridized carbons (Fsp3) is 0.100. The Hall–Kier alpha value is -4.55. The van der Waals surface area contributed by atoms with Gasteiger partial charge in [0.05, 0.1) is 12.7 Å². The molecule has 170 valence electrons. The molecule has 0 saturated carbocycles. The molecule has 13 heteroatoms. The average molecular weight is 458 g/mol. The Morgan fingerprint density at radius 1 is 0.970 bits per heavy atom. The molecule has 0 fully saturated rings. The van der Waals surface area contributed by atoms with Crippen LogP contribution in [-0.2, 0) is 6.18 Å². The van der Waals surface area contributed by atoms with Gasteiger partial charge in [-0.1, -0.05) is 6.07 Å². The minimum Gasteiger partial charge on any atom is -0.493 e. The second-order valence-corrected chi connectivity index (χ2v) is 6.67. The van der Waals surface area contributed by atoms with Crippen LogP contribution in [0.1, 0.15) is 5.56 Å². The van der Waals surface area contributed by atoms with Crippen LogP contribution in [0, 0.1) is 0 Å². The summed E-state index contributed by atoms with van der Waals surface area (Å²) in [6, 6.07) is 11.1. The number of rotatable bonds is 6. The number of halogens is 3. The van der Waals surface area contributed by atoms with Crippen molar-refractivity contribution < 1.29 is 22.6 Å². The molecule has 0 aliphatic heterocycles. The summed E-state index contributed by atoms with van der Waals surface area (Å²) in [5.41, 5.74) is 11.2. The Morgan fingerprint density at radius 2 is 1.79 bits per heavy atom. The van der Waals surface area contributed by atoms with E-state index in [1.807, 2.05) is 0 Å². The number of benzene rings is 2. The number of ether oxygens (including phenoxy) is 2. The first kappa shape index (κ1) is 21.7. The molecule has 2 aromatic heterocycles. The predicted molar refractivity (Wildman–Crippen MR) is 114 cm³/mol. The lowest BCUT2D eigenvalue weighted by Gasteiger charge is -2.11. The number of anilines is 4. The zero-order chi connectivity index (χ0) is 23.6. The Bertz CT molecular complexity index is 1270. The molecule has 4 rings (SSSR count). The quantitative estimate of drug-likeness (QED) is 0.336. The number of hydrogen-bond donors (Lipinski definition) is 4. The van der Waals surface area contributed by atoms with Crippen LogP contribution >= 0.6 is 0 Å². The van der Waals surface area contributed by atoms with E-state index in [1.165, 1.54) is 25.3 Å². The first-order valence-electron chi connectivity index (χ1n) is 9.34. The summed E-state index contributed by atoms with van der Waals surface area (Å²) >= 11 is 0. The molecule has 0 bridgehead atoms. The van der Waals surface area contributed by atoms with Crippen molar-refractivity contribution >= 4 is 23.4 Å². The number of H-pyrrole nitrogens is 1. The van der Waals surface area contributed by atoms with Crippen LogP contribution in [0.5, 0.6) is 17.4 Å². The highest BCUT2D eigenvalue weighted by Crippen LogP contribution is 2.35. The van der Waals surface area contributed by atoms with Crippen LogP contribution in [-0.4, -0.2) is 32.3 Å². The average Bonchev–Trinajstić information content (AvgIpc) is 3.21. The topological polar surface area (TPSA) is 150 Å². The van der Waals surface area contributed by atoms with Crippen LogP contribution in [0.25, 0.3) is 11.4 Å². The van der Waals surface area contributed by atoms with Crippen molar-refractivity contribution in [3.05, 3.63) is 54.1 Å². The maximum atomic E-state index is 12.9. The molecular formula is C20H17F3N8O2. The molecule has 0 unspecified atom stereocenters. The van der Waals surface area contributed by atoms with Gasteiger partial charge in [-0.3, -0.25) is 5.10 Å². The van der Waals surface area contributed by atoms with Gasteiger partial charge >= 0.3 is 6.18 Å². The third kappa shape index (κ3) is 5.03. The van der Waals surface area contributed by atoms with Gasteiger partial charge in [0.1, 0.15) is 5.82 Å². The van der Waals surface area contributed by atoms with E-state index in [4.69, 9.17) is 20.9 Å². The third-order valence-electron chi connectivity index (χ3n) is 4.32. The summed E-state index contributed by atoms with van der Waals surface area (Å²) in [6.07, 6.45) is -4.45. The van der Waals surface area contributed by atoms with Crippen molar-refractivity contribution in [2.24, 2.45) is 0 Å². The first-order chi connectivity index (χ1) is 15.7. The second kappa shape index (κ2) is 8.53. The number of aromatic nitrogens is 5. The lowest BCUT2D eigenvalue weighted by Crippen LogP contribution is -2.05. The van der Waals surface area contributed by atoms with Gasteiger partial charge < -0.3 is 26.3 Å². The first-order valence-corrected chi connectivity index (χ1v) is 9.34. The highest BCUT2D eigenvalue weighted by Gasteiger charge is 2.30. The van der Waals surface area contributed by atoms with Crippen LogP contribution in [0.3, 0.4) is 0 Å². The van der Waals surface area contributed by atoms with Crippen molar-refractivity contribution in [2.75, 3.05) is 23.9 Å². The van der Waals surface area contributed by atoms with Crippen LogP contribution in [0.15, 0.2) is 48.5 Å². The Labute approximate surface area is 184 Å². The van der Waals surface area contributed by atoms with Crippen molar-refractivity contribution in [1.82, 2.24) is 25.1 Å². The SMILES string of the molecule is COc1cc(-c2nc(Nc3cccc(C(F)(F)F)c3)n[nH]2)ccc1Oc1cc(N)nc(N)n1. The van der Waals surface area contributed by atoms with E-state index in [-0.39, 0.29) is 29.3 Å². The fourth-order valence-corrected chi connectivity index (χ4v) is 2.87. The Morgan fingerprint density at radius 3 is 2.52 bits per heavy atom. The second-order valence-electron chi connectivity index (χ2n) is 6.67. The van der Waals surface area contributed by atoms with E-state index in [0.29, 0.717) is 22.9 Å². The lowest BCUT2D eigenvalue weighted by atomic mass is 10.2. The van der Waals surface area contributed by atoms with Crippen LogP contribution in [0.4, 0.5) is 36.6 Å². The summed E-state index contributed by atoms with van der Waals surface area (Å²) in [7, 11) is 1.45. The molecule has 6 N–H and O–H groups in total. The number of nitrogens with zero attached hydrogens (tertiary/aromatic N) is 4. The van der Waals surface area contributed by atoms with Crippen molar-refractivity contribution in [3.8, 4) is 28.8 Å². The summed E-state index contributed by atoms with van der Waals surface area (Å²) in [4.78, 5) is 12.0. The van der Waals surface area contributed by atoms with Crippen molar-refractivity contribution in [1.29, 1.82) is 0 Å². The highest BCUT2D eigenvalue weighted by molar-refractivity contribution is 5.63. The molecule has 10 nitrogen and oxygen atoms in total. The molecule has 2 heterocycles. The van der Waals surface area contributed by atoms with Gasteiger partial charge in [-0.2, -0.15) is 28.1 Å². The number of nitrogens with two attached hydrogens (primary N) is 2. The largest absolute Gasteiger partial charge is 0.493 e. The van der Waals surface area contributed by atoms with E-state index < -0.39 is 11.7 Å². The molecule has 0 aliphatic rings. The van der Waals surface area contributed by atoms with Gasteiger partial charge in [0.15, 0.2) is 17.3 Å². The summed E-state index contributed by atoms with van der Waals surface area (Å²) in [5.74, 6) is 1.38. The van der Waals surface area contributed by atoms with Crippen molar-refractivity contribution in [3.63, 3.8) is 0 Å². The molecule has 0 spiro atoms. The molecule has 4 aromatic rings. The number of nitrogens with one attached hydrogen (secondary N) is 2. The van der Waals surface area contributed by atoms with E-state index in [1.54, 1.807) is 18.2 Å². The number of aromatic amines is 1. The zero-order valence-electron chi connectivity index (χ0n) is 17.0. The fourth-order valence-electron chi connectivity index (χ4n) is 2.87. The number of hydrogen-bond acceptors (Lipinski definition) is 9. The molecule has 0 saturated heterocycles. The summed E-state index contributed by atoms with van der Waals surface area (Å²) in [6.45, 7) is 0. The van der Waals surface area contributed by atoms with Gasteiger partial charge in [-0.05, 0) is 36.4 Å². The highest BCUT2D eigenvalue weighted by atomic mass is 19.4. The van der Waals surface area contributed by atoms with Crippen molar-refractivity contribution in [2.45, 2.75) is 6.18 Å². The van der Waals surface area contributed by atoms with Gasteiger partial charge in [0.25, 0.3) is 0 Å². The molecule has 2 aromatic carbocycles. The minimum atomic E-state index is -4.45. The molecular weight excluding hydrogens is 441 g/mol. The summed E-state index contributed by atoms with van der Waals surface area (Å²) < 4.78 is 49.8. The standard InChI is InChI=1S/C20H17F3N8O2/c1-32-14-7-10(5-6-13(14)33-16-9-15(24)27-18(25)28-16)17-29-19(31-30-17)26-12-4-2-3-11(8-12)20(21,22)23/h2-9H,1H3,(H4,24,25,27,28)(H2,26,29,30,31). The third-order valence-corrected chi connectivity index (χ3v) is 4.32. The van der Waals surface area contributed by atoms with Crippen LogP contribution < -0.4 is 26.3 Å². The molecule has 0 amide bonds. The molecule has 0 radical (unpaired) electrons. The Kier molecular flexibility index (Phi) is 5.60. The van der Waals surface area contributed by atoms with Gasteiger partial charge in [-0.15, -0.1) is 5.10 Å². The van der Waals surface area contributed by atoms with Gasteiger partial charge in [0.2, 0.25) is 17.8 Å². The number of alkyl halides is 3. The van der Waals surface area contributed by atoms with E-state index in [9.17, 15) is 13.2 Å².